The molecule has 0 saturated heterocycles. The van der Waals surface area contributed by atoms with Gasteiger partial charge >= 0.3 is 6.16 Å². The minimum absolute atomic E-state index is 0.0742. The molecule has 1 aliphatic carbocycles. The number of anilines is 1. The molecule has 0 spiro atoms. The van der Waals surface area contributed by atoms with Gasteiger partial charge in [-0.1, -0.05) is 12.5 Å². The van der Waals surface area contributed by atoms with E-state index >= 15 is 0 Å². The smallest absolute Gasteiger partial charge is 0.450 e. The summed E-state index contributed by atoms with van der Waals surface area (Å²) >= 11 is 0. The molecule has 3 rings (SSSR count). The molecule has 1 aromatic carbocycles. The number of carboxylic acid groups (broad SMARTS) is 2. The number of fused-ring (bicyclic) bond motifs is 1. The predicted molar refractivity (Wildman–Crippen MR) is 98.4 cm³/mol. The van der Waals surface area contributed by atoms with Crippen molar-refractivity contribution in [3.8, 4) is 0 Å². The number of hydrogen-bond donors (Lipinski definition) is 3. The standard InChI is InChI=1S/C17H22N4O.CH2O3/c1-3-21(4-2)16(22)15-13-10-12(11-6-5-7-11)8-9-14(13)19-17(18)20-15;2-1(3)4/h8-11H,3-7H2,1-2H3,(H2,18,19,20);(H2,2,3,4). The zero-order valence-electron chi connectivity index (χ0n) is 15.0. The maximum Gasteiger partial charge on any atom is 0.503 e. The van der Waals surface area contributed by atoms with Crippen LogP contribution in [0.4, 0.5) is 10.7 Å². The summed E-state index contributed by atoms with van der Waals surface area (Å²) in [4.78, 5) is 31.5. The minimum atomic E-state index is -1.83. The fourth-order valence-corrected chi connectivity index (χ4v) is 2.98. The molecule has 0 bridgehead atoms. The van der Waals surface area contributed by atoms with E-state index in [1.165, 1.54) is 24.8 Å². The summed E-state index contributed by atoms with van der Waals surface area (Å²) in [5.41, 5.74) is 8.23. The van der Waals surface area contributed by atoms with Crippen molar-refractivity contribution in [2.24, 2.45) is 0 Å². The number of benzene rings is 1. The topological polar surface area (TPSA) is 130 Å². The SMILES string of the molecule is CCN(CC)C(=O)c1nc(N)nc2ccc(C3CCC3)cc12.O=C(O)O. The molecule has 2 aromatic rings. The summed E-state index contributed by atoms with van der Waals surface area (Å²) in [6, 6.07) is 6.14. The second-order valence-corrected chi connectivity index (χ2v) is 6.09. The highest BCUT2D eigenvalue weighted by Crippen LogP contribution is 2.37. The number of nitrogens with zero attached hydrogens (tertiary/aromatic N) is 3. The summed E-state index contributed by atoms with van der Waals surface area (Å²) < 4.78 is 0. The average molecular weight is 360 g/mol. The molecule has 140 valence electrons. The van der Waals surface area contributed by atoms with Gasteiger partial charge in [0.15, 0.2) is 0 Å². The second kappa shape index (κ2) is 8.46. The number of rotatable bonds is 4. The molecule has 0 radical (unpaired) electrons. The molecule has 26 heavy (non-hydrogen) atoms. The fourth-order valence-electron chi connectivity index (χ4n) is 2.98. The Kier molecular flexibility index (Phi) is 6.32. The third-order valence-electron chi connectivity index (χ3n) is 4.57. The van der Waals surface area contributed by atoms with Crippen LogP contribution in [-0.2, 0) is 0 Å². The molecule has 1 heterocycles. The van der Waals surface area contributed by atoms with Crippen LogP contribution in [0.15, 0.2) is 18.2 Å². The Morgan fingerprint density at radius 2 is 1.81 bits per heavy atom. The number of carbonyl (C=O) groups is 2. The van der Waals surface area contributed by atoms with Crippen LogP contribution in [0.2, 0.25) is 0 Å². The van der Waals surface area contributed by atoms with Gasteiger partial charge in [-0.3, -0.25) is 4.79 Å². The molecule has 4 N–H and O–H groups in total. The molecular weight excluding hydrogens is 336 g/mol. The first-order valence-electron chi connectivity index (χ1n) is 8.65. The van der Waals surface area contributed by atoms with Crippen LogP contribution in [0.3, 0.4) is 0 Å². The molecule has 8 heteroatoms. The van der Waals surface area contributed by atoms with Gasteiger partial charge in [0.2, 0.25) is 5.95 Å². The Morgan fingerprint density at radius 3 is 2.31 bits per heavy atom. The predicted octanol–water partition coefficient (Wildman–Crippen LogP) is 3.18. The van der Waals surface area contributed by atoms with E-state index in [4.69, 9.17) is 20.7 Å². The van der Waals surface area contributed by atoms with Crippen LogP contribution in [0.5, 0.6) is 0 Å². The molecule has 1 saturated carbocycles. The van der Waals surface area contributed by atoms with Gasteiger partial charge in [0.25, 0.3) is 5.91 Å². The van der Waals surface area contributed by atoms with Crippen molar-refractivity contribution in [1.82, 2.24) is 14.9 Å². The molecule has 0 atom stereocenters. The van der Waals surface area contributed by atoms with Crippen LogP contribution in [0.25, 0.3) is 10.9 Å². The molecule has 1 fully saturated rings. The van der Waals surface area contributed by atoms with Gasteiger partial charge in [-0.2, -0.15) is 0 Å². The maximum absolute atomic E-state index is 12.7. The second-order valence-electron chi connectivity index (χ2n) is 6.09. The average Bonchev–Trinajstić information content (AvgIpc) is 2.53. The van der Waals surface area contributed by atoms with E-state index in [1.807, 2.05) is 19.9 Å². The molecule has 0 unspecified atom stereocenters. The summed E-state index contributed by atoms with van der Waals surface area (Å²) in [6.45, 7) is 5.24. The van der Waals surface area contributed by atoms with Gasteiger partial charge in [-0.05, 0) is 50.3 Å². The number of nitrogen functional groups attached to an aromatic ring is 1. The normalized spacial score (nSPS) is 13.5. The van der Waals surface area contributed by atoms with Crippen LogP contribution in [0.1, 0.15) is 55.1 Å². The zero-order chi connectivity index (χ0) is 19.3. The van der Waals surface area contributed by atoms with Crippen LogP contribution in [-0.4, -0.2) is 50.2 Å². The van der Waals surface area contributed by atoms with Gasteiger partial charge in [0.1, 0.15) is 5.69 Å². The Bertz CT molecular complexity index is 797. The molecule has 1 amide bonds. The molecule has 8 nitrogen and oxygen atoms in total. The first-order valence-corrected chi connectivity index (χ1v) is 8.65. The van der Waals surface area contributed by atoms with Crippen molar-refractivity contribution in [3.05, 3.63) is 29.5 Å². The highest BCUT2D eigenvalue weighted by molar-refractivity contribution is 6.04. The van der Waals surface area contributed by atoms with Crippen molar-refractivity contribution in [3.63, 3.8) is 0 Å². The first-order chi connectivity index (χ1) is 12.4. The fraction of sp³-hybridized carbons (Fsp3) is 0.444. The first kappa shape index (κ1) is 19.4. The maximum atomic E-state index is 12.7. The monoisotopic (exact) mass is 360 g/mol. The third-order valence-corrected chi connectivity index (χ3v) is 4.57. The highest BCUT2D eigenvalue weighted by atomic mass is 16.6. The quantitative estimate of drug-likeness (QED) is 0.763. The number of carbonyl (C=O) groups excluding carboxylic acids is 1. The van der Waals surface area contributed by atoms with E-state index in [9.17, 15) is 4.79 Å². The lowest BCUT2D eigenvalue weighted by Gasteiger charge is -2.26. The van der Waals surface area contributed by atoms with Gasteiger partial charge in [0, 0.05) is 18.5 Å². The summed E-state index contributed by atoms with van der Waals surface area (Å²) in [5.74, 6) is 0.688. The Hall–Kier alpha value is -2.90. The van der Waals surface area contributed by atoms with Gasteiger partial charge in [-0.15, -0.1) is 0 Å². The Morgan fingerprint density at radius 1 is 1.19 bits per heavy atom. The summed E-state index contributed by atoms with van der Waals surface area (Å²) in [7, 11) is 0. The van der Waals surface area contributed by atoms with Gasteiger partial charge in [0.05, 0.1) is 5.52 Å². The number of nitrogens with two attached hydrogens (primary N) is 1. The largest absolute Gasteiger partial charge is 0.503 e. The lowest BCUT2D eigenvalue weighted by atomic mass is 9.80. The van der Waals surface area contributed by atoms with E-state index in [1.54, 1.807) is 4.90 Å². The van der Waals surface area contributed by atoms with Gasteiger partial charge < -0.3 is 20.8 Å². The molecular formula is C18H24N4O4. The summed E-state index contributed by atoms with van der Waals surface area (Å²) in [5, 5.41) is 14.8. The minimum Gasteiger partial charge on any atom is -0.450 e. The van der Waals surface area contributed by atoms with E-state index in [2.05, 4.69) is 22.1 Å². The van der Waals surface area contributed by atoms with Crippen molar-refractivity contribution in [1.29, 1.82) is 0 Å². The van der Waals surface area contributed by atoms with E-state index < -0.39 is 6.16 Å². The zero-order valence-corrected chi connectivity index (χ0v) is 15.0. The van der Waals surface area contributed by atoms with Crippen molar-refractivity contribution in [2.75, 3.05) is 18.8 Å². The van der Waals surface area contributed by atoms with E-state index in [-0.39, 0.29) is 11.9 Å². The Balaban J connectivity index is 0.000000552. The number of aromatic nitrogens is 2. The lowest BCUT2D eigenvalue weighted by Crippen LogP contribution is -2.31. The Labute approximate surface area is 151 Å². The number of hydrogen-bond acceptors (Lipinski definition) is 5. The summed E-state index contributed by atoms with van der Waals surface area (Å²) in [6.07, 6.45) is 1.90. The molecule has 1 aliphatic rings. The van der Waals surface area contributed by atoms with Crippen molar-refractivity contribution < 1.29 is 19.8 Å². The van der Waals surface area contributed by atoms with E-state index in [0.29, 0.717) is 24.7 Å². The van der Waals surface area contributed by atoms with E-state index in [0.717, 1.165) is 10.9 Å². The van der Waals surface area contributed by atoms with Crippen molar-refractivity contribution >= 4 is 28.9 Å². The van der Waals surface area contributed by atoms with Gasteiger partial charge in [-0.25, -0.2) is 14.8 Å². The van der Waals surface area contributed by atoms with Crippen LogP contribution >= 0.6 is 0 Å². The number of amides is 1. The molecule has 0 aliphatic heterocycles. The third kappa shape index (κ3) is 4.38. The highest BCUT2D eigenvalue weighted by Gasteiger charge is 2.23. The molecule has 1 aromatic heterocycles. The lowest BCUT2D eigenvalue weighted by molar-refractivity contribution is 0.0769. The van der Waals surface area contributed by atoms with Crippen LogP contribution in [0, 0.1) is 0 Å². The van der Waals surface area contributed by atoms with Crippen LogP contribution < -0.4 is 5.73 Å². The van der Waals surface area contributed by atoms with Crippen molar-refractivity contribution in [2.45, 2.75) is 39.0 Å².